The van der Waals surface area contributed by atoms with Gasteiger partial charge in [0.15, 0.2) is 0 Å². The van der Waals surface area contributed by atoms with Gasteiger partial charge in [0, 0.05) is 18.0 Å². The number of H-pyrrole nitrogens is 1. The number of rotatable bonds is 3. The molecule has 0 saturated heterocycles. The SMILES string of the molecule is CC1N=Cc2cccc(NS(=O)(=O)c3cn[nH]c3)c21. The first kappa shape index (κ1) is 11.9. The van der Waals surface area contributed by atoms with E-state index in [1.807, 2.05) is 13.0 Å². The lowest BCUT2D eigenvalue weighted by Gasteiger charge is -2.13. The summed E-state index contributed by atoms with van der Waals surface area (Å²) in [5.74, 6) is 0. The summed E-state index contributed by atoms with van der Waals surface area (Å²) in [5.41, 5.74) is 2.40. The van der Waals surface area contributed by atoms with Gasteiger partial charge in [-0.1, -0.05) is 12.1 Å². The molecule has 6 nitrogen and oxygen atoms in total. The molecule has 0 bridgehead atoms. The Balaban J connectivity index is 2.01. The van der Waals surface area contributed by atoms with Crippen LogP contribution < -0.4 is 4.72 Å². The molecule has 1 aromatic heterocycles. The van der Waals surface area contributed by atoms with Gasteiger partial charge < -0.3 is 0 Å². The summed E-state index contributed by atoms with van der Waals surface area (Å²) >= 11 is 0. The highest BCUT2D eigenvalue weighted by Gasteiger charge is 2.22. The van der Waals surface area contributed by atoms with E-state index < -0.39 is 10.0 Å². The molecule has 1 aromatic carbocycles. The second kappa shape index (κ2) is 4.20. The molecule has 3 rings (SSSR count). The molecular formula is C12H12N4O2S. The summed E-state index contributed by atoms with van der Waals surface area (Å²) in [4.78, 5) is 4.39. The topological polar surface area (TPSA) is 87.2 Å². The van der Waals surface area contributed by atoms with Crippen molar-refractivity contribution in [3.63, 3.8) is 0 Å². The summed E-state index contributed by atoms with van der Waals surface area (Å²) in [7, 11) is -3.61. The predicted molar refractivity (Wildman–Crippen MR) is 71.8 cm³/mol. The van der Waals surface area contributed by atoms with Crippen molar-refractivity contribution in [2.75, 3.05) is 4.72 Å². The van der Waals surface area contributed by atoms with Crippen molar-refractivity contribution in [2.45, 2.75) is 17.9 Å². The quantitative estimate of drug-likeness (QED) is 0.894. The third kappa shape index (κ3) is 2.01. The van der Waals surface area contributed by atoms with E-state index in [9.17, 15) is 8.42 Å². The van der Waals surface area contributed by atoms with Crippen LogP contribution in [0.4, 0.5) is 5.69 Å². The molecule has 2 heterocycles. The summed E-state index contributed by atoms with van der Waals surface area (Å²) in [6, 6.07) is 5.41. The second-order valence-corrected chi connectivity index (χ2v) is 5.98. The molecule has 1 atom stereocenters. The maximum Gasteiger partial charge on any atom is 0.265 e. The molecule has 98 valence electrons. The highest BCUT2D eigenvalue weighted by atomic mass is 32.2. The van der Waals surface area contributed by atoms with Crippen LogP contribution in [-0.4, -0.2) is 24.8 Å². The zero-order chi connectivity index (χ0) is 13.5. The summed E-state index contributed by atoms with van der Waals surface area (Å²) < 4.78 is 26.9. The average molecular weight is 276 g/mol. The van der Waals surface area contributed by atoms with Gasteiger partial charge in [-0.15, -0.1) is 0 Å². The predicted octanol–water partition coefficient (Wildman–Crippen LogP) is 1.70. The highest BCUT2D eigenvalue weighted by Crippen LogP contribution is 2.33. The number of hydrogen-bond acceptors (Lipinski definition) is 4. The Labute approximate surface area is 110 Å². The Morgan fingerprint density at radius 3 is 2.95 bits per heavy atom. The first-order chi connectivity index (χ1) is 9.08. The van der Waals surface area contributed by atoms with Gasteiger partial charge in [0.1, 0.15) is 4.90 Å². The molecule has 0 aliphatic carbocycles. The van der Waals surface area contributed by atoms with Crippen LogP contribution in [0.1, 0.15) is 24.1 Å². The molecule has 0 fully saturated rings. The molecular weight excluding hydrogens is 264 g/mol. The maximum absolute atomic E-state index is 12.2. The molecule has 0 amide bonds. The fourth-order valence-corrected chi connectivity index (χ4v) is 3.09. The second-order valence-electron chi connectivity index (χ2n) is 4.30. The molecule has 2 N–H and O–H groups in total. The number of nitrogens with zero attached hydrogens (tertiary/aromatic N) is 2. The van der Waals surface area contributed by atoms with E-state index in [0.29, 0.717) is 5.69 Å². The van der Waals surface area contributed by atoms with Crippen LogP contribution in [0.2, 0.25) is 0 Å². The zero-order valence-electron chi connectivity index (χ0n) is 10.2. The molecule has 0 spiro atoms. The Morgan fingerprint density at radius 1 is 1.37 bits per heavy atom. The average Bonchev–Trinajstić information content (AvgIpc) is 2.99. The van der Waals surface area contributed by atoms with Crippen LogP contribution in [0.5, 0.6) is 0 Å². The molecule has 2 aromatic rings. The molecule has 19 heavy (non-hydrogen) atoms. The number of nitrogens with one attached hydrogen (secondary N) is 2. The number of fused-ring (bicyclic) bond motifs is 1. The van der Waals surface area contributed by atoms with Gasteiger partial charge in [-0.3, -0.25) is 14.8 Å². The first-order valence-corrected chi connectivity index (χ1v) is 7.24. The molecule has 1 aliphatic heterocycles. The van der Waals surface area contributed by atoms with Crippen molar-refractivity contribution < 1.29 is 8.42 Å². The van der Waals surface area contributed by atoms with Gasteiger partial charge in [-0.2, -0.15) is 5.10 Å². The lowest BCUT2D eigenvalue weighted by molar-refractivity contribution is 0.601. The summed E-state index contributed by atoms with van der Waals surface area (Å²) in [5, 5.41) is 6.14. The number of benzene rings is 1. The Kier molecular flexibility index (Phi) is 2.63. The van der Waals surface area contributed by atoms with E-state index in [1.165, 1.54) is 12.4 Å². The molecule has 1 unspecified atom stereocenters. The Bertz CT molecular complexity index is 735. The van der Waals surface area contributed by atoms with Gasteiger partial charge in [0.05, 0.1) is 17.9 Å². The third-order valence-corrected chi connectivity index (χ3v) is 4.36. The lowest BCUT2D eigenvalue weighted by atomic mass is 10.0. The highest BCUT2D eigenvalue weighted by molar-refractivity contribution is 7.92. The Hall–Kier alpha value is -2.15. The largest absolute Gasteiger partial charge is 0.285 e. The fourth-order valence-electron chi connectivity index (χ4n) is 2.11. The van der Waals surface area contributed by atoms with Crippen molar-refractivity contribution in [3.8, 4) is 0 Å². The summed E-state index contributed by atoms with van der Waals surface area (Å²) in [6.45, 7) is 1.93. The van der Waals surface area contributed by atoms with Gasteiger partial charge in [-0.05, 0) is 18.6 Å². The lowest BCUT2D eigenvalue weighted by Crippen LogP contribution is -2.14. The van der Waals surface area contributed by atoms with E-state index in [0.717, 1.165) is 11.1 Å². The fraction of sp³-hybridized carbons (Fsp3) is 0.167. The maximum atomic E-state index is 12.2. The van der Waals surface area contributed by atoms with Crippen LogP contribution in [0.25, 0.3) is 0 Å². The minimum Gasteiger partial charge on any atom is -0.285 e. The molecule has 7 heteroatoms. The van der Waals surface area contributed by atoms with Gasteiger partial charge in [0.25, 0.3) is 10.0 Å². The van der Waals surface area contributed by atoms with Gasteiger partial charge >= 0.3 is 0 Å². The number of anilines is 1. The van der Waals surface area contributed by atoms with E-state index in [-0.39, 0.29) is 10.9 Å². The normalized spacial score (nSPS) is 17.4. The Morgan fingerprint density at radius 2 is 2.21 bits per heavy atom. The number of hydrogen-bond donors (Lipinski definition) is 2. The number of aromatic amines is 1. The van der Waals surface area contributed by atoms with Crippen LogP contribution in [0, 0.1) is 0 Å². The molecule has 1 aliphatic rings. The number of aliphatic imine (C=N–C) groups is 1. The molecule has 0 saturated carbocycles. The van der Waals surface area contributed by atoms with Crippen molar-refractivity contribution in [1.82, 2.24) is 10.2 Å². The third-order valence-electron chi connectivity index (χ3n) is 3.02. The standard InChI is InChI=1S/C12H12N4O2S/c1-8-12-9(5-13-8)3-2-4-11(12)16-19(17,18)10-6-14-15-7-10/h2-8,16H,1H3,(H,14,15). The smallest absolute Gasteiger partial charge is 0.265 e. The van der Waals surface area contributed by atoms with E-state index >= 15 is 0 Å². The first-order valence-electron chi connectivity index (χ1n) is 5.75. The monoisotopic (exact) mass is 276 g/mol. The van der Waals surface area contributed by atoms with Crippen molar-refractivity contribution in [2.24, 2.45) is 4.99 Å². The van der Waals surface area contributed by atoms with Crippen LogP contribution in [-0.2, 0) is 10.0 Å². The minimum atomic E-state index is -3.61. The van der Waals surface area contributed by atoms with Crippen molar-refractivity contribution in [1.29, 1.82) is 0 Å². The van der Waals surface area contributed by atoms with Crippen molar-refractivity contribution in [3.05, 3.63) is 41.7 Å². The minimum absolute atomic E-state index is 0.0433. The number of aromatic nitrogens is 2. The van der Waals surface area contributed by atoms with E-state index in [1.54, 1.807) is 18.3 Å². The molecule has 0 radical (unpaired) electrons. The number of sulfonamides is 1. The van der Waals surface area contributed by atoms with Crippen molar-refractivity contribution >= 4 is 21.9 Å². The van der Waals surface area contributed by atoms with Crippen LogP contribution in [0.15, 0.2) is 40.5 Å². The van der Waals surface area contributed by atoms with Gasteiger partial charge in [0.2, 0.25) is 0 Å². The summed E-state index contributed by atoms with van der Waals surface area (Å²) in [6.07, 6.45) is 4.37. The van der Waals surface area contributed by atoms with Crippen LogP contribution >= 0.6 is 0 Å². The van der Waals surface area contributed by atoms with E-state index in [2.05, 4.69) is 19.9 Å². The van der Waals surface area contributed by atoms with Crippen LogP contribution in [0.3, 0.4) is 0 Å². The van der Waals surface area contributed by atoms with E-state index in [4.69, 9.17) is 0 Å². The van der Waals surface area contributed by atoms with Gasteiger partial charge in [-0.25, -0.2) is 8.42 Å². The zero-order valence-corrected chi connectivity index (χ0v) is 11.0.